The Kier molecular flexibility index (Phi) is 4.60. The first-order chi connectivity index (χ1) is 13.1. The van der Waals surface area contributed by atoms with Gasteiger partial charge >= 0.3 is 0 Å². The second kappa shape index (κ2) is 7.20. The summed E-state index contributed by atoms with van der Waals surface area (Å²) in [6.07, 6.45) is 4.35. The van der Waals surface area contributed by atoms with E-state index in [9.17, 15) is 4.79 Å². The minimum Gasteiger partial charge on any atom is -0.483 e. The molecule has 0 aliphatic heterocycles. The highest BCUT2D eigenvalue weighted by molar-refractivity contribution is 7.80. The zero-order chi connectivity index (χ0) is 18.8. The van der Waals surface area contributed by atoms with E-state index in [1.165, 1.54) is 0 Å². The lowest BCUT2D eigenvalue weighted by molar-refractivity contribution is 0.112. The number of H-pyrrole nitrogens is 1. The number of carbonyl (C=O) groups is 1. The summed E-state index contributed by atoms with van der Waals surface area (Å²) in [6.45, 7) is 0.297. The Balaban J connectivity index is 1.68. The maximum Gasteiger partial charge on any atom is 0.166 e. The van der Waals surface area contributed by atoms with Crippen LogP contribution in [0.4, 0.5) is 0 Å². The second-order valence-corrected chi connectivity index (χ2v) is 6.58. The van der Waals surface area contributed by atoms with Crippen LogP contribution in [0.15, 0.2) is 59.8 Å². The lowest BCUT2D eigenvalue weighted by Gasteiger charge is -2.11. The predicted octanol–water partition coefficient (Wildman–Crippen LogP) is 4.37. The number of fused-ring (bicyclic) bond motifs is 1. The Morgan fingerprint density at radius 3 is 2.70 bits per heavy atom. The molecule has 0 bridgehead atoms. The maximum atomic E-state index is 11.2. The third kappa shape index (κ3) is 3.68. The summed E-state index contributed by atoms with van der Waals surface area (Å²) in [7, 11) is 1.91. The zero-order valence-corrected chi connectivity index (χ0v) is 15.4. The Bertz CT molecular complexity index is 1100. The number of rotatable bonds is 6. The summed E-state index contributed by atoms with van der Waals surface area (Å²) in [6, 6.07) is 12.8. The predicted molar refractivity (Wildman–Crippen MR) is 105 cm³/mol. The normalized spacial score (nSPS) is 10.9. The van der Waals surface area contributed by atoms with Crippen LogP contribution in [0.2, 0.25) is 0 Å². The van der Waals surface area contributed by atoms with Crippen molar-refractivity contribution >= 4 is 29.8 Å². The molecule has 2 aromatic heterocycles. The Morgan fingerprint density at radius 2 is 2.00 bits per heavy atom. The third-order valence-electron chi connectivity index (χ3n) is 4.16. The van der Waals surface area contributed by atoms with Crippen molar-refractivity contribution in [2.45, 2.75) is 11.5 Å². The van der Waals surface area contributed by atoms with E-state index in [0.717, 1.165) is 27.9 Å². The summed E-state index contributed by atoms with van der Waals surface area (Å²) in [5.41, 5.74) is 1.22. The number of aldehydes is 1. The van der Waals surface area contributed by atoms with E-state index in [0.29, 0.717) is 29.5 Å². The van der Waals surface area contributed by atoms with Crippen LogP contribution in [0, 0.1) is 0 Å². The number of benzene rings is 2. The number of imidazole rings is 1. The third-order valence-corrected chi connectivity index (χ3v) is 4.46. The zero-order valence-electron chi connectivity index (χ0n) is 14.5. The number of hydrogen-bond donors (Lipinski definition) is 2. The van der Waals surface area contributed by atoms with Gasteiger partial charge in [-0.1, -0.05) is 0 Å². The summed E-state index contributed by atoms with van der Waals surface area (Å²) >= 11 is 4.28. The second-order valence-electron chi connectivity index (χ2n) is 6.07. The van der Waals surface area contributed by atoms with Crippen LogP contribution in [0.5, 0.6) is 17.2 Å². The van der Waals surface area contributed by atoms with E-state index in [-0.39, 0.29) is 0 Å². The highest BCUT2D eigenvalue weighted by atomic mass is 32.1. The fourth-order valence-electron chi connectivity index (χ4n) is 2.77. The van der Waals surface area contributed by atoms with Gasteiger partial charge in [-0.15, -0.1) is 12.6 Å². The molecule has 0 unspecified atom stereocenters. The molecule has 0 atom stereocenters. The molecule has 0 fully saturated rings. The fourth-order valence-corrected chi connectivity index (χ4v) is 2.92. The fraction of sp³-hybridized carbons (Fsp3) is 0.100. The van der Waals surface area contributed by atoms with Gasteiger partial charge in [-0.2, -0.15) is 0 Å². The highest BCUT2D eigenvalue weighted by Gasteiger charge is 2.12. The van der Waals surface area contributed by atoms with Gasteiger partial charge in [-0.3, -0.25) is 4.79 Å². The van der Waals surface area contributed by atoms with Crippen LogP contribution in [0.25, 0.3) is 10.9 Å². The van der Waals surface area contributed by atoms with Crippen molar-refractivity contribution in [3.63, 3.8) is 0 Å². The molecular weight excluding hydrogens is 362 g/mol. The first kappa shape index (κ1) is 17.2. The number of hydrogen-bond acceptors (Lipinski definition) is 5. The van der Waals surface area contributed by atoms with Gasteiger partial charge in [-0.05, 0) is 36.4 Å². The van der Waals surface area contributed by atoms with Crippen molar-refractivity contribution in [3.05, 3.63) is 66.4 Å². The van der Waals surface area contributed by atoms with Crippen LogP contribution in [0.3, 0.4) is 0 Å². The summed E-state index contributed by atoms with van der Waals surface area (Å²) in [5.74, 6) is 2.68. The van der Waals surface area contributed by atoms with Gasteiger partial charge < -0.3 is 19.0 Å². The Hall–Kier alpha value is -3.19. The monoisotopic (exact) mass is 379 g/mol. The maximum absolute atomic E-state index is 11.2. The molecule has 1 N–H and O–H groups in total. The van der Waals surface area contributed by atoms with Gasteiger partial charge in [0.25, 0.3) is 0 Å². The minimum absolute atomic E-state index is 0.297. The summed E-state index contributed by atoms with van der Waals surface area (Å²) in [4.78, 5) is 19.4. The molecule has 0 saturated carbocycles. The van der Waals surface area contributed by atoms with E-state index in [2.05, 4.69) is 22.6 Å². The van der Waals surface area contributed by atoms with Gasteiger partial charge in [0.1, 0.15) is 29.7 Å². The summed E-state index contributed by atoms with van der Waals surface area (Å²) in [5, 5.41) is 0.829. The molecule has 2 heterocycles. The molecule has 0 saturated heterocycles. The average Bonchev–Trinajstić information content (AvgIpc) is 3.27. The minimum atomic E-state index is 0.297. The number of nitrogens with zero attached hydrogens (tertiary/aromatic N) is 2. The topological polar surface area (TPSA) is 69.1 Å². The van der Waals surface area contributed by atoms with Gasteiger partial charge in [-0.25, -0.2) is 4.98 Å². The largest absolute Gasteiger partial charge is 0.483 e. The molecule has 6 nitrogen and oxygen atoms in total. The smallest absolute Gasteiger partial charge is 0.166 e. The molecule has 4 rings (SSSR count). The van der Waals surface area contributed by atoms with Crippen molar-refractivity contribution < 1.29 is 14.3 Å². The SMILES string of the molecule is Cn1ccnc1COc1cc(Oc2ccc(S)cc2)cc2cc(C=O)[nH]c12. The molecule has 136 valence electrons. The van der Waals surface area contributed by atoms with Crippen molar-refractivity contribution in [2.75, 3.05) is 0 Å². The van der Waals surface area contributed by atoms with E-state index in [1.54, 1.807) is 18.3 Å². The number of aromatic amines is 1. The van der Waals surface area contributed by atoms with Crippen LogP contribution >= 0.6 is 12.6 Å². The van der Waals surface area contributed by atoms with Crippen LogP contribution in [-0.4, -0.2) is 20.8 Å². The van der Waals surface area contributed by atoms with Crippen molar-refractivity contribution in [1.29, 1.82) is 0 Å². The van der Waals surface area contributed by atoms with E-state index in [4.69, 9.17) is 9.47 Å². The van der Waals surface area contributed by atoms with Crippen LogP contribution < -0.4 is 9.47 Å². The molecule has 2 aromatic carbocycles. The van der Waals surface area contributed by atoms with E-state index < -0.39 is 0 Å². The van der Waals surface area contributed by atoms with Gasteiger partial charge in [0.05, 0.1) is 11.2 Å². The molecule has 4 aromatic rings. The first-order valence-electron chi connectivity index (χ1n) is 8.30. The highest BCUT2D eigenvalue weighted by Crippen LogP contribution is 2.34. The number of carbonyl (C=O) groups excluding carboxylic acids is 1. The molecular formula is C20H17N3O3S. The van der Waals surface area contributed by atoms with Gasteiger partial charge in [0.2, 0.25) is 0 Å². The lowest BCUT2D eigenvalue weighted by Crippen LogP contribution is -2.03. The number of thiol groups is 1. The lowest BCUT2D eigenvalue weighted by atomic mass is 10.2. The Morgan fingerprint density at radius 1 is 1.19 bits per heavy atom. The van der Waals surface area contributed by atoms with Crippen molar-refractivity contribution in [3.8, 4) is 17.2 Å². The molecule has 0 aliphatic rings. The quantitative estimate of drug-likeness (QED) is 0.385. The molecule has 27 heavy (non-hydrogen) atoms. The number of nitrogens with one attached hydrogen (secondary N) is 1. The van der Waals surface area contributed by atoms with E-state index in [1.807, 2.05) is 48.1 Å². The standard InChI is InChI=1S/C20H17N3O3S/c1-23-7-6-21-19(23)12-25-18-10-16(26-15-2-4-17(27)5-3-15)9-13-8-14(11-24)22-20(13)18/h2-11,22,27H,12H2,1H3. The molecule has 0 radical (unpaired) electrons. The summed E-state index contributed by atoms with van der Waals surface area (Å²) < 4.78 is 13.8. The Labute approximate surface area is 161 Å². The average molecular weight is 379 g/mol. The van der Waals surface area contributed by atoms with Crippen LogP contribution in [-0.2, 0) is 13.7 Å². The van der Waals surface area contributed by atoms with Crippen molar-refractivity contribution in [2.24, 2.45) is 7.05 Å². The van der Waals surface area contributed by atoms with Gasteiger partial charge in [0, 0.05) is 35.8 Å². The van der Waals surface area contributed by atoms with E-state index >= 15 is 0 Å². The molecule has 0 amide bonds. The molecule has 7 heteroatoms. The number of ether oxygens (including phenoxy) is 2. The molecule has 0 spiro atoms. The number of aromatic nitrogens is 3. The van der Waals surface area contributed by atoms with Crippen LogP contribution in [0.1, 0.15) is 16.3 Å². The number of aryl methyl sites for hydroxylation is 1. The van der Waals surface area contributed by atoms with Crippen molar-refractivity contribution in [1.82, 2.24) is 14.5 Å². The first-order valence-corrected chi connectivity index (χ1v) is 8.75. The molecule has 0 aliphatic carbocycles. The van der Waals surface area contributed by atoms with Gasteiger partial charge in [0.15, 0.2) is 6.29 Å².